The molecule has 1 N–H and O–H groups in total. The monoisotopic (exact) mass is 565 g/mol. The van der Waals surface area contributed by atoms with Gasteiger partial charge >= 0.3 is 6.18 Å². The fourth-order valence-corrected chi connectivity index (χ4v) is 5.66. The zero-order chi connectivity index (χ0) is 28.4. The maximum atomic E-state index is 13.5. The van der Waals surface area contributed by atoms with Gasteiger partial charge in [0.05, 0.1) is 18.4 Å². The lowest BCUT2D eigenvalue weighted by Crippen LogP contribution is -2.45. The molecule has 1 aliphatic rings. The number of hydrogen-bond donors (Lipinski definition) is 1. The first-order chi connectivity index (χ1) is 18.4. The van der Waals surface area contributed by atoms with Crippen LogP contribution in [0.1, 0.15) is 31.0 Å². The minimum Gasteiger partial charge on any atom is -0.443 e. The zero-order valence-electron chi connectivity index (χ0n) is 20.6. The number of rotatable bonds is 8. The van der Waals surface area contributed by atoms with Crippen molar-refractivity contribution < 1.29 is 35.2 Å². The number of carbonyl (C=O) groups is 1. The molecule has 39 heavy (non-hydrogen) atoms. The van der Waals surface area contributed by atoms with E-state index in [1.165, 1.54) is 37.4 Å². The fraction of sp³-hybridized carbons (Fsp3) is 0.280. The van der Waals surface area contributed by atoms with Crippen molar-refractivity contribution in [3.63, 3.8) is 0 Å². The van der Waals surface area contributed by atoms with Gasteiger partial charge in [0, 0.05) is 29.9 Å². The summed E-state index contributed by atoms with van der Waals surface area (Å²) in [6.45, 7) is 4.43. The van der Waals surface area contributed by atoms with E-state index >= 15 is 0 Å². The Labute approximate surface area is 221 Å². The number of fused-ring (bicyclic) bond motifs is 1. The molecule has 1 aromatic carbocycles. The summed E-state index contributed by atoms with van der Waals surface area (Å²) in [6, 6.07) is 6.94. The number of furan rings is 1. The van der Waals surface area contributed by atoms with Gasteiger partial charge in [-0.2, -0.15) is 17.5 Å². The number of sulfonamides is 1. The van der Waals surface area contributed by atoms with E-state index < -0.39 is 39.7 Å². The second-order valence-corrected chi connectivity index (χ2v) is 10.5. The largest absolute Gasteiger partial charge is 0.443 e. The third-order valence-electron chi connectivity index (χ3n) is 6.04. The van der Waals surface area contributed by atoms with Crippen LogP contribution in [0.4, 0.5) is 17.6 Å². The minimum absolute atomic E-state index is 0.0634. The standard InChI is InChI=1S/C25H23F4N5O4S/c1-15(32-14-22(30-2)25(27,28)29)16-7-8-31-19(11-16)13-33-24(35)20-4-3-9-34(20)39(36,37)23-12-17-10-18(26)5-6-21(17)38-23/h5-8,10-12,14,20H,2-4,9,13H2,1H3,(H,33,35)/b22-14-,32-15+. The van der Waals surface area contributed by atoms with Crippen LogP contribution in [0.5, 0.6) is 0 Å². The summed E-state index contributed by atoms with van der Waals surface area (Å²) in [5, 5.41) is 2.56. The number of hydrogen-bond acceptors (Lipinski definition) is 7. The van der Waals surface area contributed by atoms with Crippen molar-refractivity contribution in [2.24, 2.45) is 9.98 Å². The lowest BCUT2D eigenvalue weighted by Gasteiger charge is -2.22. The van der Waals surface area contributed by atoms with Crippen molar-refractivity contribution in [1.29, 1.82) is 0 Å². The molecule has 1 unspecified atom stereocenters. The average molecular weight is 566 g/mol. The van der Waals surface area contributed by atoms with Crippen molar-refractivity contribution in [3.8, 4) is 0 Å². The van der Waals surface area contributed by atoms with E-state index in [9.17, 15) is 30.8 Å². The Kier molecular flexibility index (Phi) is 7.97. The first kappa shape index (κ1) is 28.1. The van der Waals surface area contributed by atoms with E-state index in [-0.39, 0.29) is 41.3 Å². The summed E-state index contributed by atoms with van der Waals surface area (Å²) in [7, 11) is -4.18. The summed E-state index contributed by atoms with van der Waals surface area (Å²) < 4.78 is 84.9. The lowest BCUT2D eigenvalue weighted by molar-refractivity contribution is -0.124. The minimum atomic E-state index is -4.69. The smallest absolute Gasteiger partial charge is 0.434 e. The van der Waals surface area contributed by atoms with Crippen LogP contribution in [0.3, 0.4) is 0 Å². The maximum Gasteiger partial charge on any atom is 0.434 e. The second-order valence-electron chi connectivity index (χ2n) is 8.66. The second kappa shape index (κ2) is 11.1. The molecular weight excluding hydrogens is 542 g/mol. The third kappa shape index (κ3) is 6.23. The zero-order valence-corrected chi connectivity index (χ0v) is 21.4. The van der Waals surface area contributed by atoms with E-state index in [0.717, 1.165) is 16.4 Å². The summed E-state index contributed by atoms with van der Waals surface area (Å²) in [5.74, 6) is -1.09. The van der Waals surface area contributed by atoms with E-state index in [4.69, 9.17) is 4.42 Å². The van der Waals surface area contributed by atoms with Gasteiger partial charge in [-0.3, -0.25) is 19.8 Å². The Morgan fingerprint density at radius 3 is 2.77 bits per heavy atom. The van der Waals surface area contributed by atoms with Crippen LogP contribution in [0.2, 0.25) is 0 Å². The lowest BCUT2D eigenvalue weighted by atomic mass is 10.1. The number of alkyl halides is 3. The van der Waals surface area contributed by atoms with Crippen LogP contribution in [-0.4, -0.2) is 54.8 Å². The van der Waals surface area contributed by atoms with Gasteiger partial charge in [0.25, 0.3) is 10.0 Å². The predicted molar refractivity (Wildman–Crippen MR) is 135 cm³/mol. The summed E-state index contributed by atoms with van der Waals surface area (Å²) in [6.07, 6.45) is -1.99. The normalized spacial score (nSPS) is 17.5. The number of pyridine rings is 1. The number of carbonyl (C=O) groups excluding carboxylic acids is 1. The highest BCUT2D eigenvalue weighted by Gasteiger charge is 2.41. The van der Waals surface area contributed by atoms with Gasteiger partial charge in [0.2, 0.25) is 11.0 Å². The van der Waals surface area contributed by atoms with Gasteiger partial charge in [0.15, 0.2) is 5.70 Å². The molecule has 0 bridgehead atoms. The van der Waals surface area contributed by atoms with Crippen LogP contribution >= 0.6 is 0 Å². The Balaban J connectivity index is 1.46. The molecule has 0 saturated carbocycles. The van der Waals surface area contributed by atoms with Gasteiger partial charge in [-0.1, -0.05) is 0 Å². The van der Waals surface area contributed by atoms with Crippen LogP contribution in [0.15, 0.2) is 74.0 Å². The van der Waals surface area contributed by atoms with Crippen LogP contribution < -0.4 is 5.32 Å². The number of amides is 1. The van der Waals surface area contributed by atoms with E-state index in [1.807, 2.05) is 0 Å². The van der Waals surface area contributed by atoms with Gasteiger partial charge in [-0.15, -0.1) is 0 Å². The molecule has 2 aromatic heterocycles. The molecule has 9 nitrogen and oxygen atoms in total. The van der Waals surface area contributed by atoms with Gasteiger partial charge < -0.3 is 9.73 Å². The fourth-order valence-electron chi connectivity index (χ4n) is 4.05. The topological polar surface area (TPSA) is 117 Å². The maximum absolute atomic E-state index is 13.5. The molecule has 0 spiro atoms. The van der Waals surface area contributed by atoms with Crippen molar-refractivity contribution in [2.45, 2.75) is 43.6 Å². The highest BCUT2D eigenvalue weighted by Crippen LogP contribution is 2.30. The molecule has 0 radical (unpaired) electrons. The molecule has 206 valence electrons. The van der Waals surface area contributed by atoms with Crippen molar-refractivity contribution >= 4 is 39.3 Å². The molecule has 3 aromatic rings. The number of benzene rings is 1. The van der Waals surface area contributed by atoms with E-state index in [0.29, 0.717) is 23.9 Å². The Morgan fingerprint density at radius 2 is 2.05 bits per heavy atom. The number of halogens is 4. The molecule has 1 saturated heterocycles. The van der Waals surface area contributed by atoms with Crippen LogP contribution in [0.25, 0.3) is 11.0 Å². The SMILES string of the molecule is C=N/C(=C\N=C(/C)c1ccnc(CNC(=O)C2CCCN2S(=O)(=O)c2cc3cc(F)ccc3o2)c1)C(F)(F)F. The Hall–Kier alpha value is -3.91. The summed E-state index contributed by atoms with van der Waals surface area (Å²) in [5.41, 5.74) is 0.0423. The molecule has 0 aliphatic carbocycles. The first-order valence-electron chi connectivity index (χ1n) is 11.6. The Morgan fingerprint density at radius 1 is 1.28 bits per heavy atom. The van der Waals surface area contributed by atoms with Crippen molar-refractivity contribution in [3.05, 3.63) is 71.6 Å². The van der Waals surface area contributed by atoms with E-state index in [1.54, 1.807) is 0 Å². The molecule has 1 fully saturated rings. The number of aromatic nitrogens is 1. The van der Waals surface area contributed by atoms with E-state index in [2.05, 4.69) is 27.0 Å². The predicted octanol–water partition coefficient (Wildman–Crippen LogP) is 4.35. The third-order valence-corrected chi connectivity index (χ3v) is 7.81. The molecule has 4 rings (SSSR count). The number of aliphatic imine (C=N–C) groups is 2. The highest BCUT2D eigenvalue weighted by molar-refractivity contribution is 7.89. The summed E-state index contributed by atoms with van der Waals surface area (Å²) in [4.78, 5) is 23.9. The van der Waals surface area contributed by atoms with Crippen LogP contribution in [0, 0.1) is 5.82 Å². The molecule has 14 heteroatoms. The van der Waals surface area contributed by atoms with Crippen molar-refractivity contribution in [1.82, 2.24) is 14.6 Å². The molecule has 1 atom stereocenters. The Bertz CT molecular complexity index is 1580. The average Bonchev–Trinajstić information content (AvgIpc) is 3.55. The highest BCUT2D eigenvalue weighted by atomic mass is 32.2. The first-order valence-corrected chi connectivity index (χ1v) is 13.1. The van der Waals surface area contributed by atoms with Gasteiger partial charge in [0.1, 0.15) is 17.4 Å². The number of allylic oxidation sites excluding steroid dienone is 1. The van der Waals surface area contributed by atoms with Crippen molar-refractivity contribution in [2.75, 3.05) is 6.54 Å². The summed E-state index contributed by atoms with van der Waals surface area (Å²) >= 11 is 0. The molecule has 1 amide bonds. The molecular formula is C25H23F4N5O4S. The number of nitrogens with zero attached hydrogens (tertiary/aromatic N) is 4. The van der Waals surface area contributed by atoms with Gasteiger partial charge in [-0.25, -0.2) is 12.8 Å². The molecule has 1 aliphatic heterocycles. The molecule has 3 heterocycles. The number of nitrogens with one attached hydrogen (secondary N) is 1. The quantitative estimate of drug-likeness (QED) is 0.322. The van der Waals surface area contributed by atoms with Crippen LogP contribution in [-0.2, 0) is 21.4 Å². The van der Waals surface area contributed by atoms with Gasteiger partial charge in [-0.05, 0) is 62.4 Å².